The van der Waals surface area contributed by atoms with Crippen LogP contribution in [0.5, 0.6) is 0 Å². The Hall–Kier alpha value is -0.870. The fourth-order valence-corrected chi connectivity index (χ4v) is 1.48. The molecule has 0 aromatic carbocycles. The van der Waals surface area contributed by atoms with E-state index in [-0.39, 0.29) is 0 Å². The van der Waals surface area contributed by atoms with Crippen molar-refractivity contribution in [1.82, 2.24) is 15.1 Å². The topological polar surface area (TPSA) is 39.1 Å². The van der Waals surface area contributed by atoms with Crippen molar-refractivity contribution in [3.63, 3.8) is 0 Å². The summed E-state index contributed by atoms with van der Waals surface area (Å²) in [5, 5.41) is 7.56. The van der Waals surface area contributed by atoms with E-state index in [0.717, 1.165) is 26.2 Å². The van der Waals surface area contributed by atoms with Gasteiger partial charge in [-0.25, -0.2) is 0 Å². The van der Waals surface area contributed by atoms with Crippen molar-refractivity contribution in [3.05, 3.63) is 18.0 Å². The van der Waals surface area contributed by atoms with Crippen molar-refractivity contribution >= 4 is 0 Å². The molecule has 1 N–H and O–H groups in total. The number of hydrogen-bond donors (Lipinski definition) is 1. The van der Waals surface area contributed by atoms with Gasteiger partial charge in [-0.3, -0.25) is 4.68 Å². The summed E-state index contributed by atoms with van der Waals surface area (Å²) >= 11 is 0. The molecule has 16 heavy (non-hydrogen) atoms. The summed E-state index contributed by atoms with van der Waals surface area (Å²) in [5.74, 6) is 0. The number of unbranched alkanes of at least 4 members (excludes halogenated alkanes) is 1. The second-order valence-electron chi connectivity index (χ2n) is 4.09. The number of nitrogens with one attached hydrogen (secondary N) is 1. The summed E-state index contributed by atoms with van der Waals surface area (Å²) in [6.45, 7) is 6.86. The van der Waals surface area contributed by atoms with Gasteiger partial charge in [-0.1, -0.05) is 13.3 Å². The molecule has 1 unspecified atom stereocenters. The molecule has 1 aromatic rings. The summed E-state index contributed by atoms with van der Waals surface area (Å²) in [5.41, 5.74) is 1.22. The Labute approximate surface area is 98.0 Å². The van der Waals surface area contributed by atoms with Crippen LogP contribution in [0.4, 0.5) is 0 Å². The number of nitrogens with zero attached hydrogens (tertiary/aromatic N) is 2. The van der Waals surface area contributed by atoms with Gasteiger partial charge >= 0.3 is 0 Å². The number of hydrogen-bond acceptors (Lipinski definition) is 3. The fourth-order valence-electron chi connectivity index (χ4n) is 1.48. The van der Waals surface area contributed by atoms with E-state index in [9.17, 15) is 0 Å². The largest absolute Gasteiger partial charge is 0.380 e. The van der Waals surface area contributed by atoms with Gasteiger partial charge in [0.25, 0.3) is 0 Å². The van der Waals surface area contributed by atoms with Gasteiger partial charge in [0.15, 0.2) is 0 Å². The molecule has 0 aliphatic rings. The molecular formula is C12H23N3O. The predicted octanol–water partition coefficient (Wildman–Crippen LogP) is 1.89. The van der Waals surface area contributed by atoms with Crippen LogP contribution in [0.25, 0.3) is 0 Å². The second kappa shape index (κ2) is 7.41. The van der Waals surface area contributed by atoms with Gasteiger partial charge in [-0.15, -0.1) is 0 Å². The molecule has 1 heterocycles. The molecule has 1 atom stereocenters. The molecule has 1 aromatic heterocycles. The average molecular weight is 225 g/mol. The highest BCUT2D eigenvalue weighted by atomic mass is 16.5. The van der Waals surface area contributed by atoms with Crippen LogP contribution in [-0.4, -0.2) is 29.5 Å². The highest BCUT2D eigenvalue weighted by Crippen LogP contribution is 2.09. The summed E-state index contributed by atoms with van der Waals surface area (Å²) in [7, 11) is 1.93. The first kappa shape index (κ1) is 13.2. The first-order valence-corrected chi connectivity index (χ1v) is 6.03. The Bertz CT molecular complexity index is 286. The predicted molar refractivity (Wildman–Crippen MR) is 65.4 cm³/mol. The second-order valence-corrected chi connectivity index (χ2v) is 4.09. The Morgan fingerprint density at radius 1 is 1.50 bits per heavy atom. The molecule has 0 spiro atoms. The smallest absolute Gasteiger partial charge is 0.0591 e. The van der Waals surface area contributed by atoms with Gasteiger partial charge in [0.2, 0.25) is 0 Å². The number of rotatable bonds is 8. The Morgan fingerprint density at radius 3 is 2.94 bits per heavy atom. The monoisotopic (exact) mass is 225 g/mol. The minimum Gasteiger partial charge on any atom is -0.380 e. The highest BCUT2D eigenvalue weighted by molar-refractivity contribution is 5.08. The van der Waals surface area contributed by atoms with Crippen molar-refractivity contribution < 1.29 is 4.74 Å². The van der Waals surface area contributed by atoms with E-state index in [0.29, 0.717) is 6.04 Å². The molecule has 0 aliphatic heterocycles. The lowest BCUT2D eigenvalue weighted by Crippen LogP contribution is -2.23. The molecule has 4 heteroatoms. The first-order chi connectivity index (χ1) is 7.74. The quantitative estimate of drug-likeness (QED) is 0.687. The van der Waals surface area contributed by atoms with Crippen LogP contribution in [0.15, 0.2) is 12.4 Å². The van der Waals surface area contributed by atoms with Gasteiger partial charge in [0.05, 0.1) is 12.8 Å². The SMILES string of the molecule is CCCCOCCNC(C)c1cnn(C)c1. The zero-order valence-corrected chi connectivity index (χ0v) is 10.6. The third-order valence-corrected chi connectivity index (χ3v) is 2.56. The van der Waals surface area contributed by atoms with E-state index >= 15 is 0 Å². The molecule has 0 amide bonds. The molecule has 0 saturated heterocycles. The van der Waals surface area contributed by atoms with Crippen LogP contribution >= 0.6 is 0 Å². The van der Waals surface area contributed by atoms with E-state index in [4.69, 9.17) is 4.74 Å². The van der Waals surface area contributed by atoms with Gasteiger partial charge < -0.3 is 10.1 Å². The molecule has 0 aliphatic carbocycles. The maximum Gasteiger partial charge on any atom is 0.0591 e. The lowest BCUT2D eigenvalue weighted by Gasteiger charge is -2.11. The lowest BCUT2D eigenvalue weighted by atomic mass is 10.2. The molecule has 0 fully saturated rings. The zero-order valence-electron chi connectivity index (χ0n) is 10.6. The van der Waals surface area contributed by atoms with E-state index < -0.39 is 0 Å². The van der Waals surface area contributed by atoms with Gasteiger partial charge in [-0.05, 0) is 13.3 Å². The van der Waals surface area contributed by atoms with E-state index in [1.165, 1.54) is 12.0 Å². The maximum atomic E-state index is 5.48. The minimum atomic E-state index is 0.337. The van der Waals surface area contributed by atoms with Crippen LogP contribution in [0.1, 0.15) is 38.3 Å². The standard InChI is InChI=1S/C12H23N3O/c1-4-5-7-16-8-6-13-11(2)12-9-14-15(3)10-12/h9-11,13H,4-8H2,1-3H3. The number of aromatic nitrogens is 2. The molecule has 4 nitrogen and oxygen atoms in total. The fraction of sp³-hybridized carbons (Fsp3) is 0.750. The van der Waals surface area contributed by atoms with Crippen molar-refractivity contribution in [3.8, 4) is 0 Å². The maximum absolute atomic E-state index is 5.48. The molecule has 0 radical (unpaired) electrons. The Balaban J connectivity index is 2.09. The lowest BCUT2D eigenvalue weighted by molar-refractivity contribution is 0.131. The van der Waals surface area contributed by atoms with Crippen molar-refractivity contribution in [2.45, 2.75) is 32.7 Å². The summed E-state index contributed by atoms with van der Waals surface area (Å²) in [6.07, 6.45) is 6.28. The zero-order chi connectivity index (χ0) is 11.8. The summed E-state index contributed by atoms with van der Waals surface area (Å²) < 4.78 is 7.31. The average Bonchev–Trinajstić information content (AvgIpc) is 2.70. The van der Waals surface area contributed by atoms with E-state index in [2.05, 4.69) is 24.3 Å². The van der Waals surface area contributed by atoms with Crippen LogP contribution in [0.3, 0.4) is 0 Å². The molecule has 92 valence electrons. The minimum absolute atomic E-state index is 0.337. The van der Waals surface area contributed by atoms with E-state index in [1.807, 2.05) is 24.1 Å². The van der Waals surface area contributed by atoms with Crippen molar-refractivity contribution in [2.75, 3.05) is 19.8 Å². The number of aryl methyl sites for hydroxylation is 1. The van der Waals surface area contributed by atoms with Crippen molar-refractivity contribution in [1.29, 1.82) is 0 Å². The normalized spacial score (nSPS) is 12.9. The van der Waals surface area contributed by atoms with Gasteiger partial charge in [0.1, 0.15) is 0 Å². The van der Waals surface area contributed by atoms with Gasteiger partial charge in [-0.2, -0.15) is 5.10 Å². The molecule has 1 rings (SSSR count). The third-order valence-electron chi connectivity index (χ3n) is 2.56. The van der Waals surface area contributed by atoms with Crippen LogP contribution < -0.4 is 5.32 Å². The van der Waals surface area contributed by atoms with Crippen molar-refractivity contribution in [2.24, 2.45) is 7.05 Å². The van der Waals surface area contributed by atoms with Crippen LogP contribution in [-0.2, 0) is 11.8 Å². The molecular weight excluding hydrogens is 202 g/mol. The first-order valence-electron chi connectivity index (χ1n) is 6.03. The Morgan fingerprint density at radius 2 is 2.31 bits per heavy atom. The Kier molecular flexibility index (Phi) is 6.11. The molecule has 0 saturated carbocycles. The summed E-state index contributed by atoms with van der Waals surface area (Å²) in [6, 6.07) is 0.337. The van der Waals surface area contributed by atoms with Gasteiger partial charge in [0, 0.05) is 38.0 Å². The third kappa shape index (κ3) is 4.77. The number of ether oxygens (including phenoxy) is 1. The van der Waals surface area contributed by atoms with Crippen LogP contribution in [0, 0.1) is 0 Å². The van der Waals surface area contributed by atoms with Crippen LogP contribution in [0.2, 0.25) is 0 Å². The molecule has 0 bridgehead atoms. The van der Waals surface area contributed by atoms with E-state index in [1.54, 1.807) is 0 Å². The summed E-state index contributed by atoms with van der Waals surface area (Å²) in [4.78, 5) is 0. The highest BCUT2D eigenvalue weighted by Gasteiger charge is 2.05.